The standard InChI is InChI=1S/C10H10ClFN4/c1-16-8(2-3-15-16)6-14-10-9(12)4-7(11)5-13-10/h2-5H,6H2,1H3,(H,13,14). The highest BCUT2D eigenvalue weighted by Gasteiger charge is 2.05. The summed E-state index contributed by atoms with van der Waals surface area (Å²) in [5.41, 5.74) is 0.941. The van der Waals surface area contributed by atoms with E-state index in [2.05, 4.69) is 15.4 Å². The minimum atomic E-state index is -0.463. The predicted molar refractivity (Wildman–Crippen MR) is 59.7 cm³/mol. The van der Waals surface area contributed by atoms with Gasteiger partial charge in [0, 0.05) is 19.4 Å². The number of aromatic nitrogens is 3. The first-order valence-electron chi connectivity index (χ1n) is 4.68. The Balaban J connectivity index is 2.08. The summed E-state index contributed by atoms with van der Waals surface area (Å²) >= 11 is 5.60. The van der Waals surface area contributed by atoms with Crippen molar-refractivity contribution >= 4 is 17.4 Å². The molecule has 0 fully saturated rings. The van der Waals surface area contributed by atoms with Crippen molar-refractivity contribution in [3.05, 3.63) is 41.1 Å². The van der Waals surface area contributed by atoms with Crippen LogP contribution < -0.4 is 5.32 Å². The van der Waals surface area contributed by atoms with Gasteiger partial charge in [-0.1, -0.05) is 11.6 Å². The molecule has 1 N–H and O–H groups in total. The van der Waals surface area contributed by atoms with Gasteiger partial charge in [-0.25, -0.2) is 9.37 Å². The molecular weight excluding hydrogens is 231 g/mol. The number of halogens is 2. The van der Waals surface area contributed by atoms with Gasteiger partial charge >= 0.3 is 0 Å². The Labute approximate surface area is 97.1 Å². The summed E-state index contributed by atoms with van der Waals surface area (Å²) in [6.07, 6.45) is 3.08. The molecule has 0 saturated heterocycles. The minimum absolute atomic E-state index is 0.186. The van der Waals surface area contributed by atoms with Gasteiger partial charge in [-0.15, -0.1) is 0 Å². The molecule has 2 aromatic rings. The van der Waals surface area contributed by atoms with Crippen LogP contribution in [-0.2, 0) is 13.6 Å². The van der Waals surface area contributed by atoms with Gasteiger partial charge in [-0.3, -0.25) is 4.68 Å². The molecule has 0 unspecified atom stereocenters. The molecule has 2 heterocycles. The summed E-state index contributed by atoms with van der Waals surface area (Å²) in [7, 11) is 1.82. The second-order valence-corrected chi connectivity index (χ2v) is 3.72. The highest BCUT2D eigenvalue weighted by Crippen LogP contribution is 2.16. The minimum Gasteiger partial charge on any atom is -0.362 e. The van der Waals surface area contributed by atoms with Crippen LogP contribution in [0.3, 0.4) is 0 Å². The molecule has 0 amide bonds. The van der Waals surface area contributed by atoms with Crippen molar-refractivity contribution in [1.82, 2.24) is 14.8 Å². The third-order valence-electron chi connectivity index (χ3n) is 2.17. The van der Waals surface area contributed by atoms with Crippen molar-refractivity contribution in [3.8, 4) is 0 Å². The average Bonchev–Trinajstić information content (AvgIpc) is 2.63. The summed E-state index contributed by atoms with van der Waals surface area (Å²) < 4.78 is 15.1. The highest BCUT2D eigenvalue weighted by molar-refractivity contribution is 6.30. The van der Waals surface area contributed by atoms with Crippen LogP contribution in [0.15, 0.2) is 24.5 Å². The summed E-state index contributed by atoms with van der Waals surface area (Å²) in [4.78, 5) is 3.86. The van der Waals surface area contributed by atoms with E-state index in [9.17, 15) is 4.39 Å². The lowest BCUT2D eigenvalue weighted by atomic mass is 10.4. The van der Waals surface area contributed by atoms with Crippen LogP contribution in [0, 0.1) is 5.82 Å². The lowest BCUT2D eigenvalue weighted by molar-refractivity contribution is 0.623. The molecule has 0 atom stereocenters. The average molecular weight is 241 g/mol. The zero-order valence-electron chi connectivity index (χ0n) is 8.61. The zero-order valence-corrected chi connectivity index (χ0v) is 9.37. The molecule has 4 nitrogen and oxygen atoms in total. The van der Waals surface area contributed by atoms with E-state index in [1.165, 1.54) is 12.3 Å². The third kappa shape index (κ3) is 2.30. The Morgan fingerprint density at radius 3 is 3.00 bits per heavy atom. The summed E-state index contributed by atoms with van der Waals surface area (Å²) in [5.74, 6) is -0.278. The first kappa shape index (κ1) is 10.9. The number of rotatable bonds is 3. The lowest BCUT2D eigenvalue weighted by Gasteiger charge is -2.06. The Hall–Kier alpha value is -1.62. The molecule has 0 aromatic carbocycles. The number of aryl methyl sites for hydroxylation is 1. The normalized spacial score (nSPS) is 10.4. The Morgan fingerprint density at radius 2 is 2.38 bits per heavy atom. The van der Waals surface area contributed by atoms with Crippen molar-refractivity contribution < 1.29 is 4.39 Å². The van der Waals surface area contributed by atoms with Crippen LogP contribution in [0.5, 0.6) is 0 Å². The highest BCUT2D eigenvalue weighted by atomic mass is 35.5. The van der Waals surface area contributed by atoms with E-state index in [4.69, 9.17) is 11.6 Å². The van der Waals surface area contributed by atoms with E-state index in [0.717, 1.165) is 5.69 Å². The van der Waals surface area contributed by atoms with Gasteiger partial charge in [0.05, 0.1) is 17.3 Å². The van der Waals surface area contributed by atoms with E-state index >= 15 is 0 Å². The van der Waals surface area contributed by atoms with E-state index in [1.807, 2.05) is 13.1 Å². The van der Waals surface area contributed by atoms with Gasteiger partial charge in [0.25, 0.3) is 0 Å². The molecule has 0 radical (unpaired) electrons. The molecule has 6 heteroatoms. The van der Waals surface area contributed by atoms with Crippen molar-refractivity contribution in [2.75, 3.05) is 5.32 Å². The number of nitrogens with one attached hydrogen (secondary N) is 1. The Kier molecular flexibility index (Phi) is 3.05. The quantitative estimate of drug-likeness (QED) is 0.895. The molecule has 0 saturated carbocycles. The molecule has 0 aliphatic rings. The maximum absolute atomic E-state index is 13.3. The van der Waals surface area contributed by atoms with Crippen molar-refractivity contribution in [3.63, 3.8) is 0 Å². The van der Waals surface area contributed by atoms with Gasteiger partial charge in [-0.2, -0.15) is 5.10 Å². The predicted octanol–water partition coefficient (Wildman–Crippen LogP) is 2.22. The van der Waals surface area contributed by atoms with Crippen molar-refractivity contribution in [2.24, 2.45) is 7.05 Å². The first-order chi connectivity index (χ1) is 7.66. The fraction of sp³-hybridized carbons (Fsp3) is 0.200. The van der Waals surface area contributed by atoms with E-state index in [-0.39, 0.29) is 10.8 Å². The maximum atomic E-state index is 13.3. The molecule has 0 aliphatic heterocycles. The fourth-order valence-corrected chi connectivity index (χ4v) is 1.44. The number of anilines is 1. The summed E-state index contributed by atoms with van der Waals surface area (Å²) in [6, 6.07) is 3.07. The van der Waals surface area contributed by atoms with Gasteiger partial charge in [-0.05, 0) is 12.1 Å². The number of pyridine rings is 1. The van der Waals surface area contributed by atoms with Crippen LogP contribution in [0.25, 0.3) is 0 Å². The molecule has 84 valence electrons. The number of hydrogen-bond donors (Lipinski definition) is 1. The molecular formula is C10H10ClFN4. The Morgan fingerprint density at radius 1 is 1.56 bits per heavy atom. The smallest absolute Gasteiger partial charge is 0.166 e. The zero-order chi connectivity index (χ0) is 11.5. The molecule has 0 aliphatic carbocycles. The van der Waals surface area contributed by atoms with Crippen LogP contribution in [0.1, 0.15) is 5.69 Å². The van der Waals surface area contributed by atoms with Gasteiger partial charge in [0.1, 0.15) is 0 Å². The molecule has 0 spiro atoms. The molecule has 16 heavy (non-hydrogen) atoms. The molecule has 0 bridgehead atoms. The van der Waals surface area contributed by atoms with E-state index < -0.39 is 5.82 Å². The Bertz CT molecular complexity index is 497. The topological polar surface area (TPSA) is 42.7 Å². The molecule has 2 rings (SSSR count). The van der Waals surface area contributed by atoms with Crippen LogP contribution in [0.2, 0.25) is 5.02 Å². The largest absolute Gasteiger partial charge is 0.362 e. The van der Waals surface area contributed by atoms with Gasteiger partial charge in [0.15, 0.2) is 11.6 Å². The second kappa shape index (κ2) is 4.49. The fourth-order valence-electron chi connectivity index (χ4n) is 1.29. The summed E-state index contributed by atoms with van der Waals surface area (Å²) in [5, 5.41) is 7.17. The van der Waals surface area contributed by atoms with Gasteiger partial charge < -0.3 is 5.32 Å². The van der Waals surface area contributed by atoms with E-state index in [0.29, 0.717) is 6.54 Å². The molecule has 2 aromatic heterocycles. The number of hydrogen-bond acceptors (Lipinski definition) is 3. The first-order valence-corrected chi connectivity index (χ1v) is 5.06. The maximum Gasteiger partial charge on any atom is 0.166 e. The van der Waals surface area contributed by atoms with Crippen molar-refractivity contribution in [2.45, 2.75) is 6.54 Å². The monoisotopic (exact) mass is 240 g/mol. The SMILES string of the molecule is Cn1nccc1CNc1ncc(Cl)cc1F. The second-order valence-electron chi connectivity index (χ2n) is 3.28. The van der Waals surface area contributed by atoms with Crippen LogP contribution in [0.4, 0.5) is 10.2 Å². The summed E-state index contributed by atoms with van der Waals surface area (Å²) in [6.45, 7) is 0.460. The van der Waals surface area contributed by atoms with E-state index in [1.54, 1.807) is 10.9 Å². The third-order valence-corrected chi connectivity index (χ3v) is 2.37. The van der Waals surface area contributed by atoms with Crippen LogP contribution in [-0.4, -0.2) is 14.8 Å². The number of nitrogens with zero attached hydrogens (tertiary/aromatic N) is 3. The van der Waals surface area contributed by atoms with Crippen LogP contribution >= 0.6 is 11.6 Å². The van der Waals surface area contributed by atoms with Gasteiger partial charge in [0.2, 0.25) is 0 Å². The lowest BCUT2D eigenvalue weighted by Crippen LogP contribution is -2.07. The van der Waals surface area contributed by atoms with Crippen molar-refractivity contribution in [1.29, 1.82) is 0 Å².